The Hall–Kier alpha value is -3.03. The number of fused-ring (bicyclic) bond motifs is 1. The monoisotopic (exact) mass is 329 g/mol. The molecule has 3 rings (SSSR count). The molecule has 1 aliphatic heterocycles. The lowest BCUT2D eigenvalue weighted by Gasteiger charge is -2.21. The number of carboxylic acids is 1. The van der Waals surface area contributed by atoms with E-state index in [1.807, 2.05) is 0 Å². The summed E-state index contributed by atoms with van der Waals surface area (Å²) in [7, 11) is 0. The number of non-ortho nitro benzene ring substituents is 1. The Kier molecular flexibility index (Phi) is 3.88. The van der Waals surface area contributed by atoms with Crippen molar-refractivity contribution in [3.05, 3.63) is 45.8 Å². The van der Waals surface area contributed by atoms with E-state index in [0.717, 1.165) is 0 Å². The molecule has 1 unspecified atom stereocenters. The second-order valence-corrected chi connectivity index (χ2v) is 5.74. The Morgan fingerprint density at radius 1 is 1.38 bits per heavy atom. The molecule has 1 fully saturated rings. The number of nitro benzene ring substituents is 1. The molecule has 24 heavy (non-hydrogen) atoms. The molecule has 2 aromatic rings. The first-order valence-electron chi connectivity index (χ1n) is 7.48. The number of aryl methyl sites for hydroxylation is 1. The second-order valence-electron chi connectivity index (χ2n) is 5.74. The predicted molar refractivity (Wildman–Crippen MR) is 84.8 cm³/mol. The van der Waals surface area contributed by atoms with Gasteiger partial charge in [-0.25, -0.2) is 9.78 Å². The minimum Gasteiger partial charge on any atom is -0.480 e. The fourth-order valence-corrected chi connectivity index (χ4v) is 3.11. The van der Waals surface area contributed by atoms with Gasteiger partial charge < -0.3 is 10.0 Å². The number of pyridine rings is 1. The van der Waals surface area contributed by atoms with E-state index in [-0.39, 0.29) is 11.4 Å². The lowest BCUT2D eigenvalue weighted by atomic mass is 10.1. The Labute approximate surface area is 136 Å². The van der Waals surface area contributed by atoms with Crippen LogP contribution in [0.3, 0.4) is 0 Å². The van der Waals surface area contributed by atoms with Crippen LogP contribution in [0.5, 0.6) is 0 Å². The summed E-state index contributed by atoms with van der Waals surface area (Å²) in [6.45, 7) is 1.98. The maximum absolute atomic E-state index is 12.8. The lowest BCUT2D eigenvalue weighted by Crippen LogP contribution is -2.40. The molecule has 0 aliphatic carbocycles. The number of carbonyl (C=O) groups excluding carboxylic acids is 1. The zero-order valence-corrected chi connectivity index (χ0v) is 12.9. The van der Waals surface area contributed by atoms with Gasteiger partial charge in [-0.2, -0.15) is 0 Å². The normalized spacial score (nSPS) is 17.2. The summed E-state index contributed by atoms with van der Waals surface area (Å²) >= 11 is 0. The Balaban J connectivity index is 2.16. The largest absolute Gasteiger partial charge is 0.480 e. The van der Waals surface area contributed by atoms with Crippen LogP contribution in [0.4, 0.5) is 5.69 Å². The molecule has 1 N–H and O–H groups in total. The molecule has 0 spiro atoms. The highest BCUT2D eigenvalue weighted by Gasteiger charge is 2.35. The molecule has 1 amide bonds. The summed E-state index contributed by atoms with van der Waals surface area (Å²) in [5.74, 6) is -1.56. The fourth-order valence-electron chi connectivity index (χ4n) is 3.11. The topological polar surface area (TPSA) is 114 Å². The van der Waals surface area contributed by atoms with E-state index in [2.05, 4.69) is 4.98 Å². The number of carboxylic acid groups (broad SMARTS) is 1. The van der Waals surface area contributed by atoms with Crippen molar-refractivity contribution in [2.24, 2.45) is 0 Å². The molecule has 1 aromatic heterocycles. The van der Waals surface area contributed by atoms with Gasteiger partial charge in [0.2, 0.25) is 0 Å². The second kappa shape index (κ2) is 5.88. The maximum atomic E-state index is 12.8. The number of nitro groups is 1. The van der Waals surface area contributed by atoms with Crippen LogP contribution in [0, 0.1) is 17.0 Å². The van der Waals surface area contributed by atoms with E-state index in [1.165, 1.54) is 17.0 Å². The van der Waals surface area contributed by atoms with Crippen molar-refractivity contribution in [2.75, 3.05) is 6.54 Å². The van der Waals surface area contributed by atoms with Gasteiger partial charge in [-0.1, -0.05) is 12.1 Å². The van der Waals surface area contributed by atoms with Gasteiger partial charge in [0.1, 0.15) is 11.7 Å². The van der Waals surface area contributed by atoms with Crippen LogP contribution in [-0.2, 0) is 4.79 Å². The van der Waals surface area contributed by atoms with E-state index < -0.39 is 22.8 Å². The molecule has 8 nitrogen and oxygen atoms in total. The molecule has 1 saturated heterocycles. The fraction of sp³-hybridized carbons (Fsp3) is 0.312. The van der Waals surface area contributed by atoms with E-state index in [9.17, 15) is 24.8 Å². The molecule has 8 heteroatoms. The van der Waals surface area contributed by atoms with Crippen LogP contribution in [0.25, 0.3) is 10.8 Å². The third kappa shape index (κ3) is 2.55. The molecule has 1 atom stereocenters. The minimum atomic E-state index is -1.05. The van der Waals surface area contributed by atoms with Crippen LogP contribution in [0.2, 0.25) is 0 Å². The summed E-state index contributed by atoms with van der Waals surface area (Å²) in [6, 6.07) is 5.13. The standard InChI is InChI=1S/C16H15N3O5/c1-9-8-11-10(4-2-5-12(11)19(23)24)14(17-9)15(20)18-7-3-6-13(18)16(21)22/h2,4-5,8,13H,3,6-7H2,1H3,(H,21,22). The van der Waals surface area contributed by atoms with Gasteiger partial charge in [0, 0.05) is 23.7 Å². The van der Waals surface area contributed by atoms with Crippen LogP contribution in [0.1, 0.15) is 29.0 Å². The molecular weight excluding hydrogens is 314 g/mol. The molecular formula is C16H15N3O5. The van der Waals surface area contributed by atoms with Gasteiger partial charge in [-0.15, -0.1) is 0 Å². The third-order valence-corrected chi connectivity index (χ3v) is 4.18. The van der Waals surface area contributed by atoms with Crippen molar-refractivity contribution in [3.63, 3.8) is 0 Å². The number of aliphatic carboxylic acids is 1. The van der Waals surface area contributed by atoms with Crippen LogP contribution >= 0.6 is 0 Å². The number of hydrogen-bond acceptors (Lipinski definition) is 5. The summed E-state index contributed by atoms with van der Waals surface area (Å²) in [6.07, 6.45) is 0.998. The molecule has 0 saturated carbocycles. The average Bonchev–Trinajstić information content (AvgIpc) is 3.02. The maximum Gasteiger partial charge on any atom is 0.326 e. The van der Waals surface area contributed by atoms with Gasteiger partial charge in [-0.3, -0.25) is 14.9 Å². The highest BCUT2D eigenvalue weighted by atomic mass is 16.6. The summed E-state index contributed by atoms with van der Waals surface area (Å²) in [5, 5.41) is 21.2. The van der Waals surface area contributed by atoms with Crippen molar-refractivity contribution in [1.82, 2.24) is 9.88 Å². The van der Waals surface area contributed by atoms with Crippen LogP contribution < -0.4 is 0 Å². The quantitative estimate of drug-likeness (QED) is 0.681. The Morgan fingerprint density at radius 3 is 2.79 bits per heavy atom. The molecule has 124 valence electrons. The first-order valence-corrected chi connectivity index (χ1v) is 7.48. The van der Waals surface area contributed by atoms with Crippen LogP contribution in [-0.4, -0.2) is 44.4 Å². The van der Waals surface area contributed by atoms with Gasteiger partial charge in [0.25, 0.3) is 11.6 Å². The van der Waals surface area contributed by atoms with Crippen molar-refractivity contribution in [1.29, 1.82) is 0 Å². The number of nitrogens with zero attached hydrogens (tertiary/aromatic N) is 3. The SMILES string of the molecule is Cc1cc2c([N+](=O)[O-])cccc2c(C(=O)N2CCCC2C(=O)O)n1. The van der Waals surface area contributed by atoms with Crippen molar-refractivity contribution >= 4 is 28.3 Å². The molecule has 1 aromatic carbocycles. The minimum absolute atomic E-state index is 0.0573. The number of benzene rings is 1. The number of amides is 1. The van der Waals surface area contributed by atoms with E-state index in [0.29, 0.717) is 35.9 Å². The number of hydrogen-bond donors (Lipinski definition) is 1. The van der Waals surface area contributed by atoms with Gasteiger partial charge in [0.05, 0.1) is 10.3 Å². The van der Waals surface area contributed by atoms with Gasteiger partial charge in [-0.05, 0) is 25.8 Å². The van der Waals surface area contributed by atoms with Gasteiger partial charge >= 0.3 is 5.97 Å². The van der Waals surface area contributed by atoms with E-state index in [1.54, 1.807) is 19.1 Å². The number of aromatic nitrogens is 1. The highest BCUT2D eigenvalue weighted by Crippen LogP contribution is 2.29. The lowest BCUT2D eigenvalue weighted by molar-refractivity contribution is -0.383. The van der Waals surface area contributed by atoms with Gasteiger partial charge in [0.15, 0.2) is 0 Å². The number of carbonyl (C=O) groups is 2. The number of rotatable bonds is 3. The highest BCUT2D eigenvalue weighted by molar-refractivity contribution is 6.08. The molecule has 0 radical (unpaired) electrons. The summed E-state index contributed by atoms with van der Waals surface area (Å²) < 4.78 is 0. The van der Waals surface area contributed by atoms with E-state index >= 15 is 0 Å². The summed E-state index contributed by atoms with van der Waals surface area (Å²) in [4.78, 5) is 40.4. The Bertz CT molecular complexity index is 864. The summed E-state index contributed by atoms with van der Waals surface area (Å²) in [5.41, 5.74) is 0.413. The first kappa shape index (κ1) is 15.9. The number of likely N-dealkylation sites (tertiary alicyclic amines) is 1. The van der Waals surface area contributed by atoms with E-state index in [4.69, 9.17) is 0 Å². The predicted octanol–water partition coefficient (Wildman–Crippen LogP) is 2.14. The van der Waals surface area contributed by atoms with Crippen molar-refractivity contribution in [3.8, 4) is 0 Å². The van der Waals surface area contributed by atoms with Crippen molar-refractivity contribution < 1.29 is 19.6 Å². The zero-order chi connectivity index (χ0) is 17.4. The molecule has 2 heterocycles. The third-order valence-electron chi connectivity index (χ3n) is 4.18. The zero-order valence-electron chi connectivity index (χ0n) is 12.9. The molecule has 1 aliphatic rings. The Morgan fingerprint density at radius 2 is 2.12 bits per heavy atom. The van der Waals surface area contributed by atoms with Crippen molar-refractivity contribution in [2.45, 2.75) is 25.8 Å². The average molecular weight is 329 g/mol. The van der Waals surface area contributed by atoms with Crippen LogP contribution in [0.15, 0.2) is 24.3 Å². The first-order chi connectivity index (χ1) is 11.4. The smallest absolute Gasteiger partial charge is 0.326 e. The molecule has 0 bridgehead atoms.